The van der Waals surface area contributed by atoms with Gasteiger partial charge in [-0.1, -0.05) is 97.9 Å². The maximum absolute atomic E-state index is 2.81. The molecule has 2 heteroatoms. The van der Waals surface area contributed by atoms with E-state index in [0.29, 0.717) is 0 Å². The molecule has 3 aromatic rings. The van der Waals surface area contributed by atoms with Crippen LogP contribution in [0.3, 0.4) is 0 Å². The maximum atomic E-state index is 2.81. The van der Waals surface area contributed by atoms with E-state index in [1.54, 1.807) is 0 Å². The minimum atomic E-state index is -0.446. The van der Waals surface area contributed by atoms with Gasteiger partial charge in [-0.15, -0.1) is 0 Å². The number of hydrogen-bond acceptors (Lipinski definition) is 0. The van der Waals surface area contributed by atoms with Crippen molar-refractivity contribution in [3.05, 3.63) is 103 Å². The normalized spacial score (nSPS) is 9.96. The standard InChI is InChI=1S/C18H15P.C4H7.Au/c1-4-10-16(11-5-1)19(17-12-6-2-7-13-17)18-14-8-3-9-15-18;1-3-4-2;/h1-15H;3H,1-2H3;/q;-1;+1. The summed E-state index contributed by atoms with van der Waals surface area (Å²) in [6, 6.07) is 32.3. The van der Waals surface area contributed by atoms with Crippen LogP contribution in [0.1, 0.15) is 13.8 Å². The van der Waals surface area contributed by atoms with Crippen molar-refractivity contribution in [2.45, 2.75) is 13.8 Å². The van der Waals surface area contributed by atoms with Gasteiger partial charge in [-0.25, -0.2) is 0 Å². The van der Waals surface area contributed by atoms with Gasteiger partial charge in [-0.05, 0) is 23.8 Å². The molecule has 126 valence electrons. The van der Waals surface area contributed by atoms with E-state index in [4.69, 9.17) is 0 Å². The summed E-state index contributed by atoms with van der Waals surface area (Å²) in [6.45, 7) is 3.82. The molecule has 0 bridgehead atoms. The fourth-order valence-electron chi connectivity index (χ4n) is 2.18. The molecule has 0 radical (unpaired) electrons. The third kappa shape index (κ3) is 6.23. The molecule has 0 heterocycles. The van der Waals surface area contributed by atoms with Gasteiger partial charge in [0.1, 0.15) is 0 Å². The van der Waals surface area contributed by atoms with E-state index in [2.05, 4.69) is 97.1 Å². The number of allylic oxidation sites excluding steroid dienone is 2. The third-order valence-electron chi connectivity index (χ3n) is 3.33. The molecule has 0 unspecified atom stereocenters. The quantitative estimate of drug-likeness (QED) is 0.267. The van der Waals surface area contributed by atoms with Gasteiger partial charge in [0, 0.05) is 0 Å². The first-order valence-electron chi connectivity index (χ1n) is 7.77. The van der Waals surface area contributed by atoms with E-state index < -0.39 is 7.92 Å². The Labute approximate surface area is 162 Å². The van der Waals surface area contributed by atoms with Crippen LogP contribution in [0.15, 0.2) is 97.1 Å². The minimum absolute atomic E-state index is 0. The zero-order valence-electron chi connectivity index (χ0n) is 14.0. The molecule has 0 aromatic heterocycles. The molecule has 0 aliphatic carbocycles. The Bertz CT molecular complexity index is 596. The third-order valence-corrected chi connectivity index (χ3v) is 5.78. The fraction of sp³-hybridized carbons (Fsp3) is 0.0909. The molecule has 0 saturated heterocycles. The van der Waals surface area contributed by atoms with Gasteiger partial charge < -0.3 is 6.08 Å². The number of benzene rings is 3. The van der Waals surface area contributed by atoms with E-state index in [-0.39, 0.29) is 22.4 Å². The van der Waals surface area contributed by atoms with E-state index in [1.165, 1.54) is 15.9 Å². The average molecular weight is 514 g/mol. The predicted molar refractivity (Wildman–Crippen MR) is 104 cm³/mol. The largest absolute Gasteiger partial charge is 1.00 e. The number of rotatable bonds is 3. The first-order valence-corrected chi connectivity index (χ1v) is 9.11. The van der Waals surface area contributed by atoms with E-state index in [9.17, 15) is 0 Å². The predicted octanol–water partition coefficient (Wildman–Crippen LogP) is 4.83. The van der Waals surface area contributed by atoms with Crippen molar-refractivity contribution in [1.82, 2.24) is 0 Å². The van der Waals surface area contributed by atoms with Crippen LogP contribution in [0.4, 0.5) is 0 Å². The molecular weight excluding hydrogens is 492 g/mol. The Hall–Kier alpha value is -1.43. The van der Waals surface area contributed by atoms with Crippen molar-refractivity contribution in [3.63, 3.8) is 0 Å². The van der Waals surface area contributed by atoms with E-state index in [0.717, 1.165) is 0 Å². The molecular formula is C22H22AuP. The van der Waals surface area contributed by atoms with Gasteiger partial charge in [-0.3, -0.25) is 6.08 Å². The molecule has 0 aliphatic rings. The second-order valence-electron chi connectivity index (χ2n) is 4.92. The van der Waals surface area contributed by atoms with Gasteiger partial charge in [0.05, 0.1) is 0 Å². The van der Waals surface area contributed by atoms with Crippen molar-refractivity contribution < 1.29 is 22.4 Å². The summed E-state index contributed by atoms with van der Waals surface area (Å²) >= 11 is 0. The van der Waals surface area contributed by atoms with Gasteiger partial charge >= 0.3 is 22.4 Å². The summed E-state index contributed by atoms with van der Waals surface area (Å²) in [7, 11) is -0.446. The Morgan fingerprint density at radius 3 is 1.08 bits per heavy atom. The first kappa shape index (κ1) is 20.6. The topological polar surface area (TPSA) is 0 Å². The maximum Gasteiger partial charge on any atom is 1.00 e. The first-order chi connectivity index (χ1) is 11.4. The zero-order chi connectivity index (χ0) is 16.3. The molecule has 0 atom stereocenters. The molecule has 0 saturated carbocycles. The molecule has 0 aliphatic heterocycles. The molecule has 0 fully saturated rings. The summed E-state index contributed by atoms with van der Waals surface area (Å²) in [5, 5.41) is 4.19. The van der Waals surface area contributed by atoms with Crippen LogP contribution < -0.4 is 15.9 Å². The van der Waals surface area contributed by atoms with Crippen LogP contribution in [0.5, 0.6) is 0 Å². The summed E-state index contributed by atoms with van der Waals surface area (Å²) < 4.78 is 0. The van der Waals surface area contributed by atoms with Crippen LogP contribution in [-0.2, 0) is 22.4 Å². The molecule has 0 amide bonds. The Kier molecular flexibility index (Phi) is 10.3. The number of hydrogen-bond donors (Lipinski definition) is 0. The molecule has 0 N–H and O–H groups in total. The van der Waals surface area contributed by atoms with Crippen molar-refractivity contribution in [2.75, 3.05) is 0 Å². The Balaban J connectivity index is 0.000000522. The van der Waals surface area contributed by atoms with E-state index >= 15 is 0 Å². The van der Waals surface area contributed by atoms with Gasteiger partial charge in [0.15, 0.2) is 0 Å². The molecule has 3 aromatic carbocycles. The van der Waals surface area contributed by atoms with Crippen LogP contribution in [0.25, 0.3) is 0 Å². The Morgan fingerprint density at radius 2 is 0.875 bits per heavy atom. The summed E-state index contributed by atoms with van der Waals surface area (Å²) in [5.74, 6) is 0. The minimum Gasteiger partial charge on any atom is -0.504 e. The average Bonchev–Trinajstić information content (AvgIpc) is 2.65. The Morgan fingerprint density at radius 1 is 0.625 bits per heavy atom. The SMILES string of the molecule is C[C-]=CC.[Au+].c1ccc(P(c2ccccc2)c2ccccc2)cc1. The van der Waals surface area contributed by atoms with Crippen LogP contribution >= 0.6 is 7.92 Å². The zero-order valence-corrected chi connectivity index (χ0v) is 17.0. The van der Waals surface area contributed by atoms with Gasteiger partial charge in [0.25, 0.3) is 0 Å². The van der Waals surface area contributed by atoms with Crippen molar-refractivity contribution >= 4 is 23.8 Å². The van der Waals surface area contributed by atoms with Gasteiger partial charge in [-0.2, -0.15) is 6.92 Å². The molecule has 0 nitrogen and oxygen atoms in total. The summed E-state index contributed by atoms with van der Waals surface area (Å²) in [5.41, 5.74) is 0. The van der Waals surface area contributed by atoms with Crippen molar-refractivity contribution in [1.29, 1.82) is 0 Å². The summed E-state index contributed by atoms with van der Waals surface area (Å²) in [6.07, 6.45) is 4.68. The van der Waals surface area contributed by atoms with Crippen molar-refractivity contribution in [3.8, 4) is 0 Å². The second kappa shape index (κ2) is 12.0. The molecule has 0 spiro atoms. The van der Waals surface area contributed by atoms with Crippen LogP contribution in [0.2, 0.25) is 0 Å². The fourth-order valence-corrected chi connectivity index (χ4v) is 4.48. The molecule has 3 rings (SSSR count). The molecule has 24 heavy (non-hydrogen) atoms. The van der Waals surface area contributed by atoms with Crippen LogP contribution in [0, 0.1) is 6.08 Å². The van der Waals surface area contributed by atoms with E-state index in [1.807, 2.05) is 19.9 Å². The van der Waals surface area contributed by atoms with Crippen LogP contribution in [-0.4, -0.2) is 0 Å². The summed E-state index contributed by atoms with van der Waals surface area (Å²) in [4.78, 5) is 0. The van der Waals surface area contributed by atoms with Crippen molar-refractivity contribution in [2.24, 2.45) is 0 Å². The smallest absolute Gasteiger partial charge is 0.504 e. The monoisotopic (exact) mass is 514 g/mol. The second-order valence-corrected chi connectivity index (χ2v) is 7.14. The van der Waals surface area contributed by atoms with Gasteiger partial charge in [0.2, 0.25) is 0 Å².